The molecule has 0 bridgehead atoms. The Morgan fingerprint density at radius 2 is 2.24 bits per heavy atom. The Morgan fingerprint density at radius 1 is 1.43 bits per heavy atom. The molecular weight excluding hydrogens is 292 g/mol. The molecule has 2 heterocycles. The molecule has 6 nitrogen and oxygen atoms in total. The van der Waals surface area contributed by atoms with Crippen LogP contribution in [-0.4, -0.2) is 40.7 Å². The van der Waals surface area contributed by atoms with Gasteiger partial charge in [-0.3, -0.25) is 4.79 Å². The minimum Gasteiger partial charge on any atom is -0.383 e. The molecule has 0 atom stereocenters. The molecule has 0 unspecified atom stereocenters. The highest BCUT2D eigenvalue weighted by Gasteiger charge is 2.12. The van der Waals surface area contributed by atoms with Crippen LogP contribution >= 0.6 is 11.6 Å². The monoisotopic (exact) mass is 310 g/mol. The molecule has 0 fully saturated rings. The molecule has 0 saturated carbocycles. The topological polar surface area (TPSA) is 69.0 Å². The van der Waals surface area contributed by atoms with Crippen LogP contribution in [0.25, 0.3) is 11.2 Å². The van der Waals surface area contributed by atoms with Crippen LogP contribution in [0.2, 0.25) is 0 Å². The van der Waals surface area contributed by atoms with E-state index in [9.17, 15) is 4.79 Å². The molecule has 0 aromatic carbocycles. The van der Waals surface area contributed by atoms with E-state index in [0.29, 0.717) is 32.0 Å². The molecule has 1 amide bonds. The van der Waals surface area contributed by atoms with E-state index in [1.807, 2.05) is 23.6 Å². The van der Waals surface area contributed by atoms with Crippen LogP contribution in [0.3, 0.4) is 0 Å². The molecule has 0 spiro atoms. The Kier molecular flexibility index (Phi) is 5.52. The Morgan fingerprint density at radius 3 is 2.95 bits per heavy atom. The molecule has 2 aromatic heterocycles. The summed E-state index contributed by atoms with van der Waals surface area (Å²) in [6.45, 7) is 3.45. The average Bonchev–Trinajstić information content (AvgIpc) is 2.82. The summed E-state index contributed by atoms with van der Waals surface area (Å²) in [4.78, 5) is 20.7. The normalized spacial score (nSPS) is 11.0. The third kappa shape index (κ3) is 3.92. The number of carbonyl (C=O) groups is 1. The number of ether oxygens (including phenoxy) is 1. The van der Waals surface area contributed by atoms with E-state index >= 15 is 0 Å². The van der Waals surface area contributed by atoms with Crippen LogP contribution in [-0.2, 0) is 22.0 Å². The zero-order valence-corrected chi connectivity index (χ0v) is 13.0. The second kappa shape index (κ2) is 7.38. The van der Waals surface area contributed by atoms with Gasteiger partial charge >= 0.3 is 0 Å². The maximum absolute atomic E-state index is 11.8. The second-order valence-corrected chi connectivity index (χ2v) is 4.97. The predicted molar refractivity (Wildman–Crippen MR) is 81.3 cm³/mol. The summed E-state index contributed by atoms with van der Waals surface area (Å²) in [5, 5.41) is 2.79. The van der Waals surface area contributed by atoms with Gasteiger partial charge in [0.2, 0.25) is 5.91 Å². The molecule has 114 valence electrons. The van der Waals surface area contributed by atoms with Gasteiger partial charge in [0, 0.05) is 32.3 Å². The molecule has 1 N–H and O–H groups in total. The SMILES string of the molecule is COCCNC(=O)CCn1c(CCl)nc2ccc(C)nc21. The molecule has 0 aliphatic carbocycles. The highest BCUT2D eigenvalue weighted by Crippen LogP contribution is 2.16. The summed E-state index contributed by atoms with van der Waals surface area (Å²) in [5.41, 5.74) is 2.49. The molecular formula is C14H19ClN4O2. The number of imidazole rings is 1. The molecule has 0 aliphatic heterocycles. The lowest BCUT2D eigenvalue weighted by Gasteiger charge is -2.08. The van der Waals surface area contributed by atoms with E-state index in [0.717, 1.165) is 22.7 Å². The maximum Gasteiger partial charge on any atom is 0.221 e. The van der Waals surface area contributed by atoms with Crippen LogP contribution in [0.5, 0.6) is 0 Å². The Balaban J connectivity index is 2.10. The minimum absolute atomic E-state index is 0.0259. The standard InChI is InChI=1S/C14H19ClN4O2/c1-10-3-4-11-14(17-10)19(12(9-15)18-11)7-5-13(20)16-6-8-21-2/h3-4H,5-9H2,1-2H3,(H,16,20). The predicted octanol–water partition coefficient (Wildman–Crippen LogP) is 1.63. The largest absolute Gasteiger partial charge is 0.383 e. The number of alkyl halides is 1. The molecule has 0 saturated heterocycles. The highest BCUT2D eigenvalue weighted by atomic mass is 35.5. The number of nitrogens with one attached hydrogen (secondary N) is 1. The number of pyridine rings is 1. The Bertz CT molecular complexity index is 627. The number of aryl methyl sites for hydroxylation is 2. The van der Waals surface area contributed by atoms with E-state index in [1.165, 1.54) is 0 Å². The van der Waals surface area contributed by atoms with Crippen molar-refractivity contribution in [3.63, 3.8) is 0 Å². The van der Waals surface area contributed by atoms with Crippen LogP contribution < -0.4 is 5.32 Å². The van der Waals surface area contributed by atoms with E-state index < -0.39 is 0 Å². The van der Waals surface area contributed by atoms with Gasteiger partial charge in [-0.1, -0.05) is 0 Å². The van der Waals surface area contributed by atoms with Crippen molar-refractivity contribution >= 4 is 28.7 Å². The Hall–Kier alpha value is -1.66. The lowest BCUT2D eigenvalue weighted by atomic mass is 10.3. The fourth-order valence-corrected chi connectivity index (χ4v) is 2.28. The molecule has 21 heavy (non-hydrogen) atoms. The van der Waals surface area contributed by atoms with Gasteiger partial charge in [0.25, 0.3) is 0 Å². The number of halogens is 1. The van der Waals surface area contributed by atoms with Crippen molar-refractivity contribution in [3.05, 3.63) is 23.7 Å². The summed E-state index contributed by atoms with van der Waals surface area (Å²) in [5.74, 6) is 0.997. The summed E-state index contributed by atoms with van der Waals surface area (Å²) < 4.78 is 6.80. The summed E-state index contributed by atoms with van der Waals surface area (Å²) in [6, 6.07) is 3.83. The molecule has 7 heteroatoms. The Labute approximate surface area is 128 Å². The number of methoxy groups -OCH3 is 1. The maximum atomic E-state index is 11.8. The molecule has 0 aliphatic rings. The number of carbonyl (C=O) groups excluding carboxylic acids is 1. The summed E-state index contributed by atoms with van der Waals surface area (Å²) in [6.07, 6.45) is 0.356. The van der Waals surface area contributed by atoms with Gasteiger partial charge in [-0.05, 0) is 19.1 Å². The van der Waals surface area contributed by atoms with Crippen LogP contribution in [0.1, 0.15) is 17.9 Å². The van der Waals surface area contributed by atoms with Gasteiger partial charge in [-0.25, -0.2) is 9.97 Å². The first-order valence-corrected chi connectivity index (χ1v) is 7.33. The first-order chi connectivity index (χ1) is 10.2. The smallest absolute Gasteiger partial charge is 0.221 e. The van der Waals surface area contributed by atoms with Crippen LogP contribution in [0, 0.1) is 6.92 Å². The van der Waals surface area contributed by atoms with Gasteiger partial charge in [-0.15, -0.1) is 11.6 Å². The number of rotatable bonds is 7. The first kappa shape index (κ1) is 15.7. The molecule has 2 aromatic rings. The van der Waals surface area contributed by atoms with Crippen molar-refractivity contribution < 1.29 is 9.53 Å². The van der Waals surface area contributed by atoms with Gasteiger partial charge in [0.05, 0.1) is 12.5 Å². The van der Waals surface area contributed by atoms with Gasteiger partial charge < -0.3 is 14.6 Å². The zero-order chi connectivity index (χ0) is 15.2. The quantitative estimate of drug-likeness (QED) is 0.623. The number of hydrogen-bond donors (Lipinski definition) is 1. The van der Waals surface area contributed by atoms with Gasteiger partial charge in [0.1, 0.15) is 11.3 Å². The molecule has 0 radical (unpaired) electrons. The van der Waals surface area contributed by atoms with Crippen molar-refractivity contribution in [3.8, 4) is 0 Å². The number of amides is 1. The minimum atomic E-state index is -0.0259. The molecule has 2 rings (SSSR count). The lowest BCUT2D eigenvalue weighted by molar-refractivity contribution is -0.121. The fraction of sp³-hybridized carbons (Fsp3) is 0.500. The average molecular weight is 311 g/mol. The third-order valence-corrected chi connectivity index (χ3v) is 3.36. The second-order valence-electron chi connectivity index (χ2n) is 4.70. The summed E-state index contributed by atoms with van der Waals surface area (Å²) >= 11 is 5.93. The van der Waals surface area contributed by atoms with Crippen molar-refractivity contribution in [1.29, 1.82) is 0 Å². The lowest BCUT2D eigenvalue weighted by Crippen LogP contribution is -2.27. The highest BCUT2D eigenvalue weighted by molar-refractivity contribution is 6.16. The van der Waals surface area contributed by atoms with Crippen molar-refractivity contribution in [2.45, 2.75) is 25.8 Å². The van der Waals surface area contributed by atoms with Crippen molar-refractivity contribution in [1.82, 2.24) is 19.9 Å². The van der Waals surface area contributed by atoms with Crippen molar-refractivity contribution in [2.24, 2.45) is 0 Å². The number of aromatic nitrogens is 3. The van der Waals surface area contributed by atoms with Crippen LogP contribution in [0.4, 0.5) is 0 Å². The van der Waals surface area contributed by atoms with E-state index in [4.69, 9.17) is 16.3 Å². The van der Waals surface area contributed by atoms with Crippen molar-refractivity contribution in [2.75, 3.05) is 20.3 Å². The van der Waals surface area contributed by atoms with E-state index in [-0.39, 0.29) is 5.91 Å². The van der Waals surface area contributed by atoms with Gasteiger partial charge in [0.15, 0.2) is 5.65 Å². The third-order valence-electron chi connectivity index (χ3n) is 3.12. The fourth-order valence-electron chi connectivity index (χ4n) is 2.07. The van der Waals surface area contributed by atoms with E-state index in [2.05, 4.69) is 15.3 Å². The number of fused-ring (bicyclic) bond motifs is 1. The van der Waals surface area contributed by atoms with Crippen LogP contribution in [0.15, 0.2) is 12.1 Å². The van der Waals surface area contributed by atoms with Gasteiger partial charge in [-0.2, -0.15) is 0 Å². The summed E-state index contributed by atoms with van der Waals surface area (Å²) in [7, 11) is 1.60. The first-order valence-electron chi connectivity index (χ1n) is 6.80. The number of hydrogen-bond acceptors (Lipinski definition) is 4. The van der Waals surface area contributed by atoms with E-state index in [1.54, 1.807) is 7.11 Å². The number of nitrogens with zero attached hydrogens (tertiary/aromatic N) is 3. The zero-order valence-electron chi connectivity index (χ0n) is 12.2.